The first-order valence-electron chi connectivity index (χ1n) is 7.73. The van der Waals surface area contributed by atoms with Crippen LogP contribution in [0, 0.1) is 0 Å². The highest BCUT2D eigenvalue weighted by Gasteiger charge is 2.41. The first kappa shape index (κ1) is 17.2. The molecule has 5 nitrogen and oxygen atoms in total. The minimum absolute atomic E-state index is 0.0138. The summed E-state index contributed by atoms with van der Waals surface area (Å²) < 4.78 is 37.6. The summed E-state index contributed by atoms with van der Waals surface area (Å²) in [5.41, 5.74) is 0.393. The van der Waals surface area contributed by atoms with Crippen LogP contribution in [0.15, 0.2) is 36.7 Å². The second-order valence-corrected chi connectivity index (χ2v) is 6.00. The number of carbonyl (C=O) groups excluding carboxylic acids is 2. The quantitative estimate of drug-likeness (QED) is 0.854. The number of nitrogens with zero attached hydrogens (tertiary/aromatic N) is 3. The molecule has 1 aromatic heterocycles. The van der Waals surface area contributed by atoms with Crippen molar-refractivity contribution in [3.05, 3.63) is 42.2 Å². The highest BCUT2D eigenvalue weighted by Crippen LogP contribution is 2.25. The average Bonchev–Trinajstić information content (AvgIpc) is 2.92. The van der Waals surface area contributed by atoms with E-state index in [0.717, 1.165) is 10.3 Å². The van der Waals surface area contributed by atoms with Crippen molar-refractivity contribution >= 4 is 22.6 Å². The van der Waals surface area contributed by atoms with Crippen LogP contribution in [0.4, 0.5) is 13.2 Å². The highest BCUT2D eigenvalue weighted by atomic mass is 19.4. The van der Waals surface area contributed by atoms with Gasteiger partial charge in [-0.2, -0.15) is 13.2 Å². The average molecular weight is 351 g/mol. The molecule has 2 aromatic rings. The van der Waals surface area contributed by atoms with E-state index in [1.807, 2.05) is 6.07 Å². The van der Waals surface area contributed by atoms with Gasteiger partial charge >= 0.3 is 6.18 Å². The van der Waals surface area contributed by atoms with E-state index in [2.05, 4.69) is 4.98 Å². The number of aromatic nitrogens is 1. The van der Waals surface area contributed by atoms with E-state index in [0.29, 0.717) is 10.9 Å². The summed E-state index contributed by atoms with van der Waals surface area (Å²) in [6.45, 7) is -1.30. The summed E-state index contributed by atoms with van der Waals surface area (Å²) in [4.78, 5) is 31.0. The SMILES string of the molecule is CN(C(=O)c1cccc2cnccc12)C1CCN(CC(F)(F)F)C1=O. The van der Waals surface area contributed by atoms with Crippen molar-refractivity contribution in [2.75, 3.05) is 20.1 Å². The summed E-state index contributed by atoms with van der Waals surface area (Å²) in [6, 6.07) is 5.96. The molecule has 1 aromatic carbocycles. The van der Waals surface area contributed by atoms with Crippen molar-refractivity contribution in [1.29, 1.82) is 0 Å². The molecule has 1 unspecified atom stereocenters. The normalized spacial score (nSPS) is 18.0. The predicted octanol–water partition coefficient (Wildman–Crippen LogP) is 2.47. The van der Waals surface area contributed by atoms with Crippen LogP contribution in [0.1, 0.15) is 16.8 Å². The summed E-state index contributed by atoms with van der Waals surface area (Å²) in [6.07, 6.45) is -1.08. The molecule has 3 rings (SSSR count). The molecule has 0 bridgehead atoms. The molecule has 1 fully saturated rings. The summed E-state index contributed by atoms with van der Waals surface area (Å²) in [5.74, 6) is -1.07. The van der Waals surface area contributed by atoms with Crippen molar-refractivity contribution in [3.8, 4) is 0 Å². The number of halogens is 3. The lowest BCUT2D eigenvalue weighted by molar-refractivity contribution is -0.158. The predicted molar refractivity (Wildman–Crippen MR) is 84.9 cm³/mol. The van der Waals surface area contributed by atoms with Gasteiger partial charge in [-0.05, 0) is 23.9 Å². The Morgan fingerprint density at radius 1 is 1.36 bits per heavy atom. The van der Waals surface area contributed by atoms with Gasteiger partial charge < -0.3 is 9.80 Å². The van der Waals surface area contributed by atoms with E-state index in [1.165, 1.54) is 11.9 Å². The van der Waals surface area contributed by atoms with Crippen molar-refractivity contribution in [3.63, 3.8) is 0 Å². The van der Waals surface area contributed by atoms with Crippen LogP contribution < -0.4 is 0 Å². The number of amides is 2. The van der Waals surface area contributed by atoms with Crippen LogP contribution in [0.2, 0.25) is 0 Å². The van der Waals surface area contributed by atoms with Gasteiger partial charge in [-0.1, -0.05) is 12.1 Å². The fourth-order valence-corrected chi connectivity index (χ4v) is 3.10. The molecule has 25 heavy (non-hydrogen) atoms. The number of alkyl halides is 3. The van der Waals surface area contributed by atoms with Gasteiger partial charge in [-0.15, -0.1) is 0 Å². The molecular formula is C17H16F3N3O2. The Labute approximate surface area is 142 Å². The summed E-state index contributed by atoms with van der Waals surface area (Å²) in [5, 5.41) is 1.46. The van der Waals surface area contributed by atoms with Gasteiger partial charge in [0.25, 0.3) is 5.91 Å². The molecule has 0 saturated carbocycles. The van der Waals surface area contributed by atoms with E-state index in [9.17, 15) is 22.8 Å². The molecule has 0 N–H and O–H groups in total. The Kier molecular flexibility index (Phi) is 4.36. The maximum absolute atomic E-state index is 12.8. The van der Waals surface area contributed by atoms with Gasteiger partial charge in [0.2, 0.25) is 5.91 Å². The van der Waals surface area contributed by atoms with Crippen molar-refractivity contribution < 1.29 is 22.8 Å². The zero-order valence-electron chi connectivity index (χ0n) is 13.5. The topological polar surface area (TPSA) is 53.5 Å². The zero-order chi connectivity index (χ0) is 18.2. The molecular weight excluding hydrogens is 335 g/mol. The number of hydrogen-bond acceptors (Lipinski definition) is 3. The molecule has 2 heterocycles. The Morgan fingerprint density at radius 3 is 2.84 bits per heavy atom. The molecule has 132 valence electrons. The van der Waals surface area contributed by atoms with Gasteiger partial charge in [-0.3, -0.25) is 14.6 Å². The van der Waals surface area contributed by atoms with E-state index >= 15 is 0 Å². The number of rotatable bonds is 3. The van der Waals surface area contributed by atoms with E-state index in [1.54, 1.807) is 30.6 Å². The van der Waals surface area contributed by atoms with Gasteiger partial charge in [0, 0.05) is 36.9 Å². The Bertz CT molecular complexity index is 817. The monoisotopic (exact) mass is 351 g/mol. The van der Waals surface area contributed by atoms with E-state index < -0.39 is 30.6 Å². The summed E-state index contributed by atoms with van der Waals surface area (Å²) >= 11 is 0. The van der Waals surface area contributed by atoms with Gasteiger partial charge in [0.1, 0.15) is 12.6 Å². The standard InChI is InChI=1S/C17H16F3N3O2/c1-22(14-6-8-23(16(14)25)10-17(18,19)20)15(24)13-4-2-3-11-9-21-7-5-12(11)13/h2-5,7,9,14H,6,8,10H2,1H3. The molecule has 8 heteroatoms. The maximum atomic E-state index is 12.8. The van der Waals surface area contributed by atoms with Crippen LogP contribution in [0.25, 0.3) is 10.8 Å². The molecule has 2 amide bonds. The molecule has 1 aliphatic heterocycles. The lowest BCUT2D eigenvalue weighted by Crippen LogP contribution is -2.44. The van der Waals surface area contributed by atoms with Gasteiger partial charge in [-0.25, -0.2) is 0 Å². The lowest BCUT2D eigenvalue weighted by Gasteiger charge is -2.25. The second-order valence-electron chi connectivity index (χ2n) is 6.00. The maximum Gasteiger partial charge on any atom is 0.406 e. The van der Waals surface area contributed by atoms with Crippen molar-refractivity contribution in [1.82, 2.24) is 14.8 Å². The summed E-state index contributed by atoms with van der Waals surface area (Å²) in [7, 11) is 1.45. The van der Waals surface area contributed by atoms with Crippen molar-refractivity contribution in [2.24, 2.45) is 0 Å². The number of benzene rings is 1. The molecule has 1 atom stereocenters. The first-order chi connectivity index (χ1) is 11.8. The Hall–Kier alpha value is -2.64. The highest BCUT2D eigenvalue weighted by molar-refractivity contribution is 6.08. The van der Waals surface area contributed by atoms with Gasteiger partial charge in [0.05, 0.1) is 0 Å². The van der Waals surface area contributed by atoms with Crippen molar-refractivity contribution in [2.45, 2.75) is 18.6 Å². The number of likely N-dealkylation sites (N-methyl/N-ethyl adjacent to an activating group) is 1. The van der Waals surface area contributed by atoms with E-state index in [4.69, 9.17) is 0 Å². The van der Waals surface area contributed by atoms with Crippen LogP contribution >= 0.6 is 0 Å². The molecule has 1 aliphatic rings. The minimum Gasteiger partial charge on any atom is -0.332 e. The van der Waals surface area contributed by atoms with Crippen LogP contribution in [-0.2, 0) is 4.79 Å². The molecule has 0 aliphatic carbocycles. The third kappa shape index (κ3) is 3.42. The Balaban J connectivity index is 1.82. The molecule has 0 radical (unpaired) electrons. The van der Waals surface area contributed by atoms with E-state index in [-0.39, 0.29) is 13.0 Å². The third-order valence-corrected chi connectivity index (χ3v) is 4.34. The number of fused-ring (bicyclic) bond motifs is 1. The molecule has 0 spiro atoms. The van der Waals surface area contributed by atoms with Gasteiger partial charge in [0.15, 0.2) is 0 Å². The second kappa shape index (κ2) is 6.34. The Morgan fingerprint density at radius 2 is 2.12 bits per heavy atom. The first-order valence-corrected chi connectivity index (χ1v) is 7.73. The minimum atomic E-state index is -4.45. The fourth-order valence-electron chi connectivity index (χ4n) is 3.10. The number of pyridine rings is 1. The zero-order valence-corrected chi connectivity index (χ0v) is 13.5. The third-order valence-electron chi connectivity index (χ3n) is 4.34. The smallest absolute Gasteiger partial charge is 0.332 e. The largest absolute Gasteiger partial charge is 0.406 e. The number of hydrogen-bond donors (Lipinski definition) is 0. The fraction of sp³-hybridized carbons (Fsp3) is 0.353. The number of likely N-dealkylation sites (tertiary alicyclic amines) is 1. The van der Waals surface area contributed by atoms with Crippen LogP contribution in [0.5, 0.6) is 0 Å². The van der Waals surface area contributed by atoms with Crippen LogP contribution in [-0.4, -0.2) is 59.0 Å². The number of carbonyl (C=O) groups is 2. The molecule has 1 saturated heterocycles. The van der Waals surface area contributed by atoms with Crippen LogP contribution in [0.3, 0.4) is 0 Å². The lowest BCUT2D eigenvalue weighted by atomic mass is 10.0.